The minimum atomic E-state index is -0.753. The standard InChI is InChI=1S/C27H34N4O4/c1-6-16-31-23(18-12-9-8-10-13-18)21(24(32)35-7-2)22(29-26(31)34)19-14-11-15-20(17-19)28-25(33)30-27(3,4)5/h8-15,17,22H,6-7,16H2,1-5H3,(H,29,34)(H2,28,30,33). The van der Waals surface area contributed by atoms with Crippen molar-refractivity contribution in [3.05, 3.63) is 71.3 Å². The van der Waals surface area contributed by atoms with E-state index in [1.54, 1.807) is 30.0 Å². The highest BCUT2D eigenvalue weighted by Crippen LogP contribution is 2.37. The number of nitrogens with zero attached hydrogens (tertiary/aromatic N) is 1. The van der Waals surface area contributed by atoms with Gasteiger partial charge < -0.3 is 20.7 Å². The Labute approximate surface area is 206 Å². The minimum Gasteiger partial charge on any atom is -0.463 e. The van der Waals surface area contributed by atoms with Crippen LogP contribution in [-0.4, -0.2) is 41.6 Å². The molecule has 1 aliphatic heterocycles. The fraction of sp³-hybridized carbons (Fsp3) is 0.370. The first kappa shape index (κ1) is 25.8. The van der Waals surface area contributed by atoms with Crippen molar-refractivity contribution in [2.45, 2.75) is 52.6 Å². The van der Waals surface area contributed by atoms with E-state index < -0.39 is 17.6 Å². The maximum absolute atomic E-state index is 13.3. The molecule has 0 fully saturated rings. The van der Waals surface area contributed by atoms with Gasteiger partial charge in [-0.1, -0.05) is 49.4 Å². The number of rotatable bonds is 7. The SMILES string of the molecule is CCCN1C(=O)NC(c2cccc(NC(=O)NC(C)(C)C)c2)C(C(=O)OCC)=C1c1ccccc1. The van der Waals surface area contributed by atoms with Crippen molar-refractivity contribution in [3.63, 3.8) is 0 Å². The molecule has 1 unspecified atom stereocenters. The molecule has 0 radical (unpaired) electrons. The quantitative estimate of drug-likeness (QED) is 0.485. The summed E-state index contributed by atoms with van der Waals surface area (Å²) in [5.41, 5.74) is 2.43. The van der Waals surface area contributed by atoms with Gasteiger partial charge in [0.05, 0.1) is 23.9 Å². The summed E-state index contributed by atoms with van der Waals surface area (Å²) in [4.78, 5) is 40.5. The molecular formula is C27H34N4O4. The van der Waals surface area contributed by atoms with E-state index in [1.165, 1.54) is 0 Å². The predicted octanol–water partition coefficient (Wildman–Crippen LogP) is 5.06. The van der Waals surface area contributed by atoms with Crippen LogP contribution in [0.3, 0.4) is 0 Å². The van der Waals surface area contributed by atoms with Crippen LogP contribution in [0.4, 0.5) is 15.3 Å². The zero-order valence-corrected chi connectivity index (χ0v) is 21.0. The van der Waals surface area contributed by atoms with Gasteiger partial charge in [0.15, 0.2) is 0 Å². The summed E-state index contributed by atoms with van der Waals surface area (Å²) in [5.74, 6) is -0.499. The Morgan fingerprint density at radius 1 is 1.06 bits per heavy atom. The molecule has 1 heterocycles. The van der Waals surface area contributed by atoms with Crippen LogP contribution in [0, 0.1) is 0 Å². The summed E-state index contributed by atoms with van der Waals surface area (Å²) in [7, 11) is 0. The third-order valence-electron chi connectivity index (χ3n) is 5.28. The lowest BCUT2D eigenvalue weighted by Gasteiger charge is -2.37. The van der Waals surface area contributed by atoms with Gasteiger partial charge in [-0.05, 0) is 57.4 Å². The first-order valence-electron chi connectivity index (χ1n) is 11.9. The molecule has 35 heavy (non-hydrogen) atoms. The molecule has 186 valence electrons. The summed E-state index contributed by atoms with van der Waals surface area (Å²) in [6, 6.07) is 15.1. The van der Waals surface area contributed by atoms with Crippen LogP contribution in [0.15, 0.2) is 60.2 Å². The Bertz CT molecular complexity index is 1110. The summed E-state index contributed by atoms with van der Waals surface area (Å²) >= 11 is 0. The highest BCUT2D eigenvalue weighted by molar-refractivity contribution is 6.04. The van der Waals surface area contributed by atoms with E-state index >= 15 is 0 Å². The summed E-state index contributed by atoms with van der Waals surface area (Å²) in [6.07, 6.45) is 0.715. The Morgan fingerprint density at radius 2 is 1.77 bits per heavy atom. The van der Waals surface area contributed by atoms with E-state index in [1.807, 2.05) is 64.1 Å². The molecule has 0 saturated heterocycles. The summed E-state index contributed by atoms with van der Waals surface area (Å²) in [6.45, 7) is 10.1. The van der Waals surface area contributed by atoms with Crippen LogP contribution in [0.1, 0.15) is 58.2 Å². The number of esters is 1. The Morgan fingerprint density at radius 3 is 2.40 bits per heavy atom. The third kappa shape index (κ3) is 6.41. The Kier molecular flexibility index (Phi) is 8.17. The number of hydrogen-bond acceptors (Lipinski definition) is 4. The van der Waals surface area contributed by atoms with Crippen LogP contribution >= 0.6 is 0 Å². The van der Waals surface area contributed by atoms with Gasteiger partial charge in [-0.15, -0.1) is 0 Å². The van der Waals surface area contributed by atoms with E-state index in [0.717, 1.165) is 5.56 Å². The van der Waals surface area contributed by atoms with Gasteiger partial charge in [-0.3, -0.25) is 4.90 Å². The van der Waals surface area contributed by atoms with Crippen molar-refractivity contribution >= 4 is 29.4 Å². The average molecular weight is 479 g/mol. The second kappa shape index (κ2) is 11.1. The molecule has 0 spiro atoms. The average Bonchev–Trinajstić information content (AvgIpc) is 2.79. The molecule has 0 aromatic heterocycles. The zero-order chi connectivity index (χ0) is 25.6. The minimum absolute atomic E-state index is 0.202. The van der Waals surface area contributed by atoms with Crippen molar-refractivity contribution in [1.29, 1.82) is 0 Å². The number of ether oxygens (including phenoxy) is 1. The van der Waals surface area contributed by atoms with Crippen LogP contribution in [0.2, 0.25) is 0 Å². The molecule has 4 amide bonds. The van der Waals surface area contributed by atoms with E-state index in [-0.39, 0.29) is 18.7 Å². The maximum Gasteiger partial charge on any atom is 0.338 e. The van der Waals surface area contributed by atoms with Crippen molar-refractivity contribution in [2.75, 3.05) is 18.5 Å². The molecule has 3 N–H and O–H groups in total. The van der Waals surface area contributed by atoms with Gasteiger partial charge in [-0.25, -0.2) is 14.4 Å². The van der Waals surface area contributed by atoms with Gasteiger partial charge >= 0.3 is 18.0 Å². The lowest BCUT2D eigenvalue weighted by atomic mass is 9.91. The van der Waals surface area contributed by atoms with E-state index in [4.69, 9.17) is 4.74 Å². The highest BCUT2D eigenvalue weighted by atomic mass is 16.5. The van der Waals surface area contributed by atoms with Crippen LogP contribution in [0.25, 0.3) is 5.70 Å². The Hall–Kier alpha value is -3.81. The number of amides is 4. The van der Waals surface area contributed by atoms with Crippen molar-refractivity contribution < 1.29 is 19.1 Å². The van der Waals surface area contributed by atoms with E-state index in [0.29, 0.717) is 35.5 Å². The number of benzene rings is 2. The molecule has 2 aromatic rings. The van der Waals surface area contributed by atoms with Crippen molar-refractivity contribution in [3.8, 4) is 0 Å². The third-order valence-corrected chi connectivity index (χ3v) is 5.28. The molecule has 8 nitrogen and oxygen atoms in total. The van der Waals surface area contributed by atoms with E-state index in [2.05, 4.69) is 16.0 Å². The molecule has 8 heteroatoms. The predicted molar refractivity (Wildman–Crippen MR) is 137 cm³/mol. The lowest BCUT2D eigenvalue weighted by Crippen LogP contribution is -2.48. The van der Waals surface area contributed by atoms with Crippen LogP contribution < -0.4 is 16.0 Å². The molecule has 0 bridgehead atoms. The zero-order valence-electron chi connectivity index (χ0n) is 21.0. The molecule has 1 aliphatic rings. The number of nitrogens with one attached hydrogen (secondary N) is 3. The van der Waals surface area contributed by atoms with Gasteiger partial charge in [-0.2, -0.15) is 0 Å². The number of anilines is 1. The number of urea groups is 2. The second-order valence-corrected chi connectivity index (χ2v) is 9.34. The number of hydrogen-bond donors (Lipinski definition) is 3. The molecule has 3 rings (SSSR count). The lowest BCUT2D eigenvalue weighted by molar-refractivity contribution is -0.138. The van der Waals surface area contributed by atoms with Gasteiger partial charge in [0.2, 0.25) is 0 Å². The van der Waals surface area contributed by atoms with Gasteiger partial charge in [0.25, 0.3) is 0 Å². The first-order chi connectivity index (χ1) is 16.6. The first-order valence-corrected chi connectivity index (χ1v) is 11.9. The van der Waals surface area contributed by atoms with E-state index in [9.17, 15) is 14.4 Å². The second-order valence-electron chi connectivity index (χ2n) is 9.34. The normalized spacial score (nSPS) is 16.0. The topological polar surface area (TPSA) is 99.8 Å². The molecule has 1 atom stereocenters. The Balaban J connectivity index is 2.11. The summed E-state index contributed by atoms with van der Waals surface area (Å²) in [5, 5.41) is 8.66. The largest absolute Gasteiger partial charge is 0.463 e. The van der Waals surface area contributed by atoms with Crippen LogP contribution in [0.5, 0.6) is 0 Å². The monoisotopic (exact) mass is 478 g/mol. The smallest absolute Gasteiger partial charge is 0.338 e. The van der Waals surface area contributed by atoms with Crippen LogP contribution in [-0.2, 0) is 9.53 Å². The number of carbonyl (C=O) groups excluding carboxylic acids is 3. The van der Waals surface area contributed by atoms with Gasteiger partial charge in [0.1, 0.15) is 0 Å². The highest BCUT2D eigenvalue weighted by Gasteiger charge is 2.38. The fourth-order valence-corrected chi connectivity index (χ4v) is 3.97. The van der Waals surface area contributed by atoms with Crippen molar-refractivity contribution in [1.82, 2.24) is 15.5 Å². The van der Waals surface area contributed by atoms with Crippen molar-refractivity contribution in [2.24, 2.45) is 0 Å². The molecule has 0 saturated carbocycles. The summed E-state index contributed by atoms with van der Waals surface area (Å²) < 4.78 is 5.44. The van der Waals surface area contributed by atoms with Gasteiger partial charge in [0, 0.05) is 17.8 Å². The fourth-order valence-electron chi connectivity index (χ4n) is 3.97. The molecular weight excluding hydrogens is 444 g/mol. The molecule has 2 aromatic carbocycles. The number of carbonyl (C=O) groups is 3. The molecule has 0 aliphatic carbocycles. The maximum atomic E-state index is 13.3.